The summed E-state index contributed by atoms with van der Waals surface area (Å²) < 4.78 is 13.2. The molecule has 1 aromatic heterocycles. The average molecular weight is 457 g/mol. The van der Waals surface area contributed by atoms with Crippen molar-refractivity contribution in [1.29, 1.82) is 0 Å². The topological polar surface area (TPSA) is 102 Å². The third-order valence-corrected chi connectivity index (χ3v) is 5.94. The lowest BCUT2D eigenvalue weighted by Gasteiger charge is -2.18. The molecule has 170 valence electrons. The number of aromatic hydroxyl groups is 2. The first-order valence-electron chi connectivity index (χ1n) is 10.7. The number of methoxy groups -OCH3 is 1. The number of rotatable bonds is 7. The average Bonchev–Trinajstić information content (AvgIpc) is 3.39. The quantitative estimate of drug-likeness (QED) is 0.372. The Balaban J connectivity index is 1.65. The third-order valence-electron chi connectivity index (χ3n) is 5.65. The minimum absolute atomic E-state index is 0.0361. The molecule has 1 fully saturated rings. The Labute approximate surface area is 192 Å². The lowest BCUT2D eigenvalue weighted by molar-refractivity contribution is 0.201. The summed E-state index contributed by atoms with van der Waals surface area (Å²) >= 11 is 4.41. The second kappa shape index (κ2) is 9.20. The van der Waals surface area contributed by atoms with Crippen LogP contribution in [0.25, 0.3) is 11.4 Å². The van der Waals surface area contributed by atoms with Crippen LogP contribution < -0.4 is 14.9 Å². The van der Waals surface area contributed by atoms with Crippen LogP contribution in [0.2, 0.25) is 0 Å². The predicted octanol–water partition coefficient (Wildman–Crippen LogP) is 4.97. The fraction of sp³-hybridized carbons (Fsp3) is 0.391. The van der Waals surface area contributed by atoms with Crippen molar-refractivity contribution < 1.29 is 19.7 Å². The first-order chi connectivity index (χ1) is 15.4. The Morgan fingerprint density at radius 1 is 1.06 bits per heavy atom. The Bertz CT molecular complexity index is 1110. The lowest BCUT2D eigenvalue weighted by Crippen LogP contribution is -2.13. The van der Waals surface area contributed by atoms with E-state index in [0.29, 0.717) is 39.3 Å². The number of nitrogens with one attached hydrogen (secondary N) is 1. The number of anilines is 1. The van der Waals surface area contributed by atoms with Crippen LogP contribution in [0.15, 0.2) is 35.5 Å². The summed E-state index contributed by atoms with van der Waals surface area (Å²) in [5.41, 5.74) is 5.05. The standard InChI is InChI=1S/C23H28N4O4S/c1-13(2)16-11-17(19(29)12-18(16)28)22-24-25-23(32)27(22)26-14-8-9-20(21(10-14)30-3)31-15-6-4-5-7-15/h8-13,15,26,28-29H,4-7H2,1-3H3,(H,25,32). The van der Waals surface area contributed by atoms with Crippen molar-refractivity contribution in [3.8, 4) is 34.4 Å². The van der Waals surface area contributed by atoms with Crippen LogP contribution in [0.1, 0.15) is 51.0 Å². The summed E-state index contributed by atoms with van der Waals surface area (Å²) in [6.45, 7) is 3.93. The van der Waals surface area contributed by atoms with Crippen LogP contribution in [0.3, 0.4) is 0 Å². The van der Waals surface area contributed by atoms with E-state index in [1.165, 1.54) is 18.9 Å². The molecule has 3 aromatic rings. The zero-order valence-corrected chi connectivity index (χ0v) is 19.3. The van der Waals surface area contributed by atoms with Crippen LogP contribution in [0.4, 0.5) is 5.69 Å². The van der Waals surface area contributed by atoms with Crippen molar-refractivity contribution in [1.82, 2.24) is 14.9 Å². The molecule has 0 aliphatic heterocycles. The summed E-state index contributed by atoms with van der Waals surface area (Å²) in [7, 11) is 1.61. The van der Waals surface area contributed by atoms with E-state index in [-0.39, 0.29) is 23.5 Å². The number of phenols is 2. The molecule has 3 N–H and O–H groups in total. The molecule has 0 atom stereocenters. The molecule has 4 rings (SSSR count). The molecule has 1 heterocycles. The monoisotopic (exact) mass is 456 g/mol. The summed E-state index contributed by atoms with van der Waals surface area (Å²) in [5.74, 6) is 1.68. The maximum atomic E-state index is 10.5. The fourth-order valence-corrected chi connectivity index (χ4v) is 4.13. The van der Waals surface area contributed by atoms with Gasteiger partial charge in [-0.05, 0) is 55.4 Å². The van der Waals surface area contributed by atoms with Gasteiger partial charge in [-0.3, -0.25) is 5.43 Å². The van der Waals surface area contributed by atoms with E-state index in [4.69, 9.17) is 9.47 Å². The van der Waals surface area contributed by atoms with Gasteiger partial charge < -0.3 is 19.7 Å². The van der Waals surface area contributed by atoms with Crippen molar-refractivity contribution in [3.63, 3.8) is 0 Å². The zero-order valence-electron chi connectivity index (χ0n) is 18.4. The molecular formula is C23H28N4O4S. The largest absolute Gasteiger partial charge is 0.508 e. The number of nitrogens with zero attached hydrogens (tertiary/aromatic N) is 3. The molecule has 1 aliphatic rings. The number of thiol groups is 1. The maximum absolute atomic E-state index is 10.5. The fourth-order valence-electron chi connectivity index (χ4n) is 3.94. The Morgan fingerprint density at radius 2 is 1.81 bits per heavy atom. The van der Waals surface area contributed by atoms with Crippen LogP contribution in [0.5, 0.6) is 23.0 Å². The van der Waals surface area contributed by atoms with Crippen molar-refractivity contribution in [2.75, 3.05) is 12.5 Å². The SMILES string of the molecule is COc1cc(Nn2c(S)nnc2-c2cc(C(C)C)c(O)cc2O)ccc1OC1CCCC1. The van der Waals surface area contributed by atoms with Gasteiger partial charge in [0.2, 0.25) is 5.16 Å². The van der Waals surface area contributed by atoms with E-state index >= 15 is 0 Å². The molecule has 0 radical (unpaired) electrons. The molecule has 0 unspecified atom stereocenters. The van der Waals surface area contributed by atoms with Gasteiger partial charge in [0.1, 0.15) is 11.5 Å². The van der Waals surface area contributed by atoms with Gasteiger partial charge in [-0.2, -0.15) is 0 Å². The molecule has 1 aliphatic carbocycles. The highest BCUT2D eigenvalue weighted by atomic mass is 32.1. The van der Waals surface area contributed by atoms with Gasteiger partial charge >= 0.3 is 0 Å². The third kappa shape index (κ3) is 4.43. The first kappa shape index (κ1) is 22.1. The molecule has 0 spiro atoms. The number of hydrogen-bond donors (Lipinski definition) is 4. The summed E-state index contributed by atoms with van der Waals surface area (Å²) in [6, 6.07) is 8.61. The zero-order chi connectivity index (χ0) is 22.8. The van der Waals surface area contributed by atoms with Crippen molar-refractivity contribution in [2.24, 2.45) is 0 Å². The van der Waals surface area contributed by atoms with Gasteiger partial charge in [0.15, 0.2) is 17.3 Å². The summed E-state index contributed by atoms with van der Waals surface area (Å²) in [6.07, 6.45) is 4.73. The predicted molar refractivity (Wildman–Crippen MR) is 125 cm³/mol. The number of aromatic nitrogens is 3. The molecule has 32 heavy (non-hydrogen) atoms. The van der Waals surface area contributed by atoms with Gasteiger partial charge in [-0.15, -0.1) is 22.8 Å². The normalized spacial score (nSPS) is 14.2. The van der Waals surface area contributed by atoms with E-state index in [1.807, 2.05) is 32.0 Å². The second-order valence-electron chi connectivity index (χ2n) is 8.24. The van der Waals surface area contributed by atoms with Crippen molar-refractivity contribution in [2.45, 2.75) is 56.7 Å². The van der Waals surface area contributed by atoms with Gasteiger partial charge in [0.05, 0.1) is 24.5 Å². The first-order valence-corrected chi connectivity index (χ1v) is 11.1. The second-order valence-corrected chi connectivity index (χ2v) is 8.64. The van der Waals surface area contributed by atoms with E-state index in [0.717, 1.165) is 12.8 Å². The number of phenolic OH excluding ortho intramolecular Hbond substituents is 2. The molecule has 8 nitrogen and oxygen atoms in total. The van der Waals surface area contributed by atoms with Gasteiger partial charge in [0.25, 0.3) is 0 Å². The Hall–Kier alpha value is -3.07. The van der Waals surface area contributed by atoms with Gasteiger partial charge in [0, 0.05) is 12.1 Å². The Morgan fingerprint density at radius 3 is 2.50 bits per heavy atom. The van der Waals surface area contributed by atoms with E-state index in [1.54, 1.807) is 17.9 Å². The van der Waals surface area contributed by atoms with Crippen LogP contribution in [-0.2, 0) is 0 Å². The van der Waals surface area contributed by atoms with E-state index in [9.17, 15) is 10.2 Å². The van der Waals surface area contributed by atoms with Crippen molar-refractivity contribution >= 4 is 18.3 Å². The van der Waals surface area contributed by atoms with E-state index < -0.39 is 0 Å². The Kier molecular flexibility index (Phi) is 6.36. The maximum Gasteiger partial charge on any atom is 0.207 e. The highest BCUT2D eigenvalue weighted by Gasteiger charge is 2.21. The molecule has 0 saturated heterocycles. The van der Waals surface area contributed by atoms with Crippen LogP contribution in [0, 0.1) is 0 Å². The molecule has 0 amide bonds. The number of hydrogen-bond acceptors (Lipinski definition) is 8. The molecule has 2 aromatic carbocycles. The molecule has 0 bridgehead atoms. The minimum Gasteiger partial charge on any atom is -0.508 e. The number of ether oxygens (including phenoxy) is 2. The van der Waals surface area contributed by atoms with Crippen molar-refractivity contribution in [3.05, 3.63) is 35.9 Å². The van der Waals surface area contributed by atoms with E-state index in [2.05, 4.69) is 28.3 Å². The highest BCUT2D eigenvalue weighted by molar-refractivity contribution is 7.80. The minimum atomic E-state index is -0.103. The highest BCUT2D eigenvalue weighted by Crippen LogP contribution is 2.38. The molecular weight excluding hydrogens is 428 g/mol. The molecule has 9 heteroatoms. The molecule has 1 saturated carbocycles. The number of benzene rings is 2. The van der Waals surface area contributed by atoms with Crippen LogP contribution in [-0.4, -0.2) is 38.3 Å². The summed E-state index contributed by atoms with van der Waals surface area (Å²) in [5, 5.41) is 29.2. The van der Waals surface area contributed by atoms with Crippen LogP contribution >= 0.6 is 12.6 Å². The summed E-state index contributed by atoms with van der Waals surface area (Å²) in [4.78, 5) is 0. The van der Waals surface area contributed by atoms with Gasteiger partial charge in [-0.1, -0.05) is 13.8 Å². The smallest absolute Gasteiger partial charge is 0.207 e. The lowest BCUT2D eigenvalue weighted by atomic mass is 9.98. The van der Waals surface area contributed by atoms with Gasteiger partial charge in [-0.25, -0.2) is 4.68 Å².